The number of carbonyl (C=O) groups excluding carboxylic acids is 2. The Morgan fingerprint density at radius 2 is 1.96 bits per heavy atom. The molecule has 0 saturated heterocycles. The minimum atomic E-state index is -1.05. The zero-order valence-corrected chi connectivity index (χ0v) is 13.3. The Morgan fingerprint density at radius 3 is 2.58 bits per heavy atom. The lowest BCUT2D eigenvalue weighted by atomic mass is 9.99. The summed E-state index contributed by atoms with van der Waals surface area (Å²) < 4.78 is 0. The van der Waals surface area contributed by atoms with Gasteiger partial charge in [-0.2, -0.15) is 0 Å². The molecule has 0 aromatic heterocycles. The molecule has 1 unspecified atom stereocenters. The summed E-state index contributed by atoms with van der Waals surface area (Å²) in [5, 5.41) is 11.4. The zero-order chi connectivity index (χ0) is 17.4. The Labute approximate surface area is 141 Å². The summed E-state index contributed by atoms with van der Waals surface area (Å²) in [7, 11) is 0. The van der Waals surface area contributed by atoms with Crippen LogP contribution in [-0.2, 0) is 4.79 Å². The second-order valence-corrected chi connectivity index (χ2v) is 5.81. The van der Waals surface area contributed by atoms with Crippen LogP contribution in [0.15, 0.2) is 47.5 Å². The highest BCUT2D eigenvalue weighted by molar-refractivity contribution is 6.37. The minimum Gasteiger partial charge on any atom is -0.299 e. The summed E-state index contributed by atoms with van der Waals surface area (Å²) in [5.74, 6) is -1.89. The van der Waals surface area contributed by atoms with Crippen LogP contribution in [0.4, 0.5) is 11.4 Å². The summed E-state index contributed by atoms with van der Waals surface area (Å²) in [6.45, 7) is 1.30. The molecule has 2 aromatic carbocycles. The van der Waals surface area contributed by atoms with Crippen molar-refractivity contribution in [2.75, 3.05) is 0 Å². The van der Waals surface area contributed by atoms with Gasteiger partial charge in [0.1, 0.15) is 11.7 Å². The van der Waals surface area contributed by atoms with Gasteiger partial charge in [0.15, 0.2) is 5.78 Å². The van der Waals surface area contributed by atoms with Crippen molar-refractivity contribution >= 4 is 40.3 Å². The van der Waals surface area contributed by atoms with Crippen molar-refractivity contribution in [2.24, 2.45) is 10.9 Å². The average Bonchev–Trinajstić information content (AvgIpc) is 2.79. The Hall–Kier alpha value is -2.86. The second-order valence-electron chi connectivity index (χ2n) is 5.37. The first kappa shape index (κ1) is 16.0. The molecule has 3 rings (SSSR count). The third kappa shape index (κ3) is 2.72. The van der Waals surface area contributed by atoms with Crippen LogP contribution in [0.2, 0.25) is 5.02 Å². The van der Waals surface area contributed by atoms with Crippen LogP contribution in [0, 0.1) is 16.0 Å². The molecule has 120 valence electrons. The largest absolute Gasteiger partial charge is 0.299 e. The lowest BCUT2D eigenvalue weighted by molar-refractivity contribution is -0.384. The highest BCUT2D eigenvalue weighted by Crippen LogP contribution is 2.33. The van der Waals surface area contributed by atoms with E-state index in [1.54, 1.807) is 24.3 Å². The summed E-state index contributed by atoms with van der Waals surface area (Å²) >= 11 is 5.94. The fourth-order valence-electron chi connectivity index (χ4n) is 2.69. The molecule has 0 aliphatic heterocycles. The van der Waals surface area contributed by atoms with Crippen molar-refractivity contribution < 1.29 is 14.5 Å². The minimum absolute atomic E-state index is 0.144. The second kappa shape index (κ2) is 5.98. The number of halogens is 1. The molecule has 0 spiro atoms. The van der Waals surface area contributed by atoms with Crippen LogP contribution >= 0.6 is 11.6 Å². The number of benzene rings is 2. The van der Waals surface area contributed by atoms with Crippen LogP contribution in [0.5, 0.6) is 0 Å². The van der Waals surface area contributed by atoms with Crippen LogP contribution < -0.4 is 0 Å². The molecular formula is C17H11ClN2O4. The first-order valence-electron chi connectivity index (χ1n) is 7.06. The van der Waals surface area contributed by atoms with E-state index in [1.807, 2.05) is 0 Å². The number of hydrogen-bond acceptors (Lipinski definition) is 5. The fraction of sp³-hybridized carbons (Fsp3) is 0.118. The molecule has 1 aliphatic carbocycles. The number of ketones is 2. The molecule has 0 fully saturated rings. The SMILES string of the molecule is CC(=O)C1C(=O)c2cc([N+](=O)[O-])ccc2C1=Nc1cccc(Cl)c1. The van der Waals surface area contributed by atoms with Gasteiger partial charge in [-0.1, -0.05) is 17.7 Å². The normalized spacial score (nSPS) is 17.8. The molecular weight excluding hydrogens is 332 g/mol. The molecule has 2 aromatic rings. The number of aliphatic imine (C=N–C) groups is 1. The summed E-state index contributed by atoms with van der Waals surface area (Å²) in [6.07, 6.45) is 0. The van der Waals surface area contributed by atoms with E-state index in [0.29, 0.717) is 22.0 Å². The number of nitro groups is 1. The molecule has 1 aliphatic rings. The van der Waals surface area contributed by atoms with Gasteiger partial charge >= 0.3 is 0 Å². The third-order valence-electron chi connectivity index (χ3n) is 3.76. The number of carbonyl (C=O) groups is 2. The van der Waals surface area contributed by atoms with Gasteiger partial charge in [-0.05, 0) is 31.2 Å². The predicted molar refractivity (Wildman–Crippen MR) is 89.2 cm³/mol. The lowest BCUT2D eigenvalue weighted by Crippen LogP contribution is -2.23. The van der Waals surface area contributed by atoms with Gasteiger partial charge in [0, 0.05) is 28.3 Å². The van der Waals surface area contributed by atoms with E-state index in [1.165, 1.54) is 25.1 Å². The van der Waals surface area contributed by atoms with Crippen molar-refractivity contribution in [3.63, 3.8) is 0 Å². The number of rotatable bonds is 3. The highest BCUT2D eigenvalue weighted by Gasteiger charge is 2.40. The third-order valence-corrected chi connectivity index (χ3v) is 3.99. The molecule has 24 heavy (non-hydrogen) atoms. The van der Waals surface area contributed by atoms with E-state index < -0.39 is 16.6 Å². The Bertz CT molecular complexity index is 921. The number of non-ortho nitro benzene ring substituents is 1. The molecule has 0 radical (unpaired) electrons. The van der Waals surface area contributed by atoms with Gasteiger partial charge < -0.3 is 0 Å². The van der Waals surface area contributed by atoms with Gasteiger partial charge in [0.25, 0.3) is 5.69 Å². The van der Waals surface area contributed by atoms with Crippen molar-refractivity contribution in [1.82, 2.24) is 0 Å². The molecule has 0 amide bonds. The number of hydrogen-bond donors (Lipinski definition) is 0. The van der Waals surface area contributed by atoms with Gasteiger partial charge in [0.2, 0.25) is 0 Å². The summed E-state index contributed by atoms with van der Waals surface area (Å²) in [4.78, 5) is 39.2. The topological polar surface area (TPSA) is 89.6 Å². The van der Waals surface area contributed by atoms with Crippen LogP contribution in [-0.4, -0.2) is 22.2 Å². The number of Topliss-reactive ketones (excluding diaryl/α,β-unsaturated/α-hetero) is 2. The molecule has 0 N–H and O–H groups in total. The first-order chi connectivity index (χ1) is 11.4. The van der Waals surface area contributed by atoms with E-state index in [-0.39, 0.29) is 17.0 Å². The van der Waals surface area contributed by atoms with E-state index in [4.69, 9.17) is 11.6 Å². The van der Waals surface area contributed by atoms with Crippen molar-refractivity contribution in [3.8, 4) is 0 Å². The number of nitrogens with zero attached hydrogens (tertiary/aromatic N) is 2. The van der Waals surface area contributed by atoms with Gasteiger partial charge in [-0.3, -0.25) is 24.7 Å². The predicted octanol–water partition coefficient (Wildman–Crippen LogP) is 3.77. The van der Waals surface area contributed by atoms with Crippen molar-refractivity contribution in [1.29, 1.82) is 0 Å². The molecule has 0 heterocycles. The van der Waals surface area contributed by atoms with E-state index in [9.17, 15) is 19.7 Å². The maximum absolute atomic E-state index is 12.5. The Kier molecular flexibility index (Phi) is 3.99. The molecule has 0 bridgehead atoms. The molecule has 6 nitrogen and oxygen atoms in total. The van der Waals surface area contributed by atoms with Crippen LogP contribution in [0.25, 0.3) is 0 Å². The van der Waals surface area contributed by atoms with E-state index in [2.05, 4.69) is 4.99 Å². The number of fused-ring (bicyclic) bond motifs is 1. The molecule has 0 saturated carbocycles. The standard InChI is InChI=1S/C17H11ClN2O4/c1-9(21)15-16(19-11-4-2-3-10(18)7-11)13-6-5-12(20(23)24)8-14(13)17(15)22/h2-8,15H,1H3. The monoisotopic (exact) mass is 342 g/mol. The van der Waals surface area contributed by atoms with Gasteiger partial charge in [-0.15, -0.1) is 0 Å². The van der Waals surface area contributed by atoms with Gasteiger partial charge in [0.05, 0.1) is 16.3 Å². The van der Waals surface area contributed by atoms with Crippen molar-refractivity contribution in [3.05, 3.63) is 68.7 Å². The van der Waals surface area contributed by atoms with Gasteiger partial charge in [-0.25, -0.2) is 0 Å². The summed E-state index contributed by atoms with van der Waals surface area (Å²) in [6, 6.07) is 10.6. The van der Waals surface area contributed by atoms with E-state index >= 15 is 0 Å². The first-order valence-corrected chi connectivity index (χ1v) is 7.44. The molecule has 7 heteroatoms. The maximum Gasteiger partial charge on any atom is 0.270 e. The smallest absolute Gasteiger partial charge is 0.270 e. The average molecular weight is 343 g/mol. The zero-order valence-electron chi connectivity index (χ0n) is 12.5. The van der Waals surface area contributed by atoms with Crippen molar-refractivity contribution in [2.45, 2.75) is 6.92 Å². The number of nitro benzene ring substituents is 1. The highest BCUT2D eigenvalue weighted by atomic mass is 35.5. The van der Waals surface area contributed by atoms with E-state index in [0.717, 1.165) is 0 Å². The Morgan fingerprint density at radius 1 is 1.21 bits per heavy atom. The van der Waals surface area contributed by atoms with Crippen LogP contribution in [0.3, 0.4) is 0 Å². The quantitative estimate of drug-likeness (QED) is 0.482. The summed E-state index contributed by atoms with van der Waals surface area (Å²) in [5.41, 5.74) is 1.17. The fourth-order valence-corrected chi connectivity index (χ4v) is 2.88. The van der Waals surface area contributed by atoms with Crippen LogP contribution in [0.1, 0.15) is 22.8 Å². The molecule has 1 atom stereocenters. The maximum atomic E-state index is 12.5. The lowest BCUT2D eigenvalue weighted by Gasteiger charge is -2.06. The Balaban J connectivity index is 2.19.